The third kappa shape index (κ3) is 6.68. The Morgan fingerprint density at radius 2 is 1.43 bits per heavy atom. The lowest BCUT2D eigenvalue weighted by Gasteiger charge is -2.18. The first-order chi connectivity index (χ1) is 21.4. The molecule has 0 atom stereocenters. The molecule has 0 spiro atoms. The van der Waals surface area contributed by atoms with Crippen molar-refractivity contribution in [3.05, 3.63) is 135 Å². The summed E-state index contributed by atoms with van der Waals surface area (Å²) < 4.78 is 24.3. The smallest absolute Gasteiger partial charge is 0.274 e. The number of para-hydroxylation sites is 1. The minimum Gasteiger partial charge on any atom is -0.493 e. The van der Waals surface area contributed by atoms with Gasteiger partial charge in [0.1, 0.15) is 12.4 Å². The van der Waals surface area contributed by atoms with E-state index in [1.165, 1.54) is 4.68 Å². The molecule has 5 rings (SSSR count). The van der Waals surface area contributed by atoms with Crippen LogP contribution >= 0.6 is 0 Å². The summed E-state index contributed by atoms with van der Waals surface area (Å²) in [5.74, 6) is 2.17. The fourth-order valence-corrected chi connectivity index (χ4v) is 5.21. The van der Waals surface area contributed by atoms with Crippen molar-refractivity contribution in [2.45, 2.75) is 27.0 Å². The van der Waals surface area contributed by atoms with Crippen molar-refractivity contribution in [2.75, 3.05) is 21.3 Å². The molecule has 224 valence electrons. The zero-order valence-electron chi connectivity index (χ0n) is 25.7. The molecule has 0 saturated heterocycles. The van der Waals surface area contributed by atoms with Gasteiger partial charge in [-0.1, -0.05) is 84.4 Å². The molecule has 0 amide bonds. The maximum atomic E-state index is 14.3. The van der Waals surface area contributed by atoms with Gasteiger partial charge in [-0.05, 0) is 54.8 Å². The largest absolute Gasteiger partial charge is 0.493 e. The second kappa shape index (κ2) is 13.8. The Morgan fingerprint density at radius 3 is 2.11 bits per heavy atom. The number of hydrogen-bond donors (Lipinski definition) is 0. The zero-order valence-corrected chi connectivity index (χ0v) is 25.7. The minimum atomic E-state index is -0.235. The zero-order chi connectivity index (χ0) is 31.1. The Kier molecular flexibility index (Phi) is 9.45. The van der Waals surface area contributed by atoms with Crippen molar-refractivity contribution in [3.8, 4) is 34.1 Å². The SMILES string of the molecule is COc1cc(Cn2nc(C)c(-c3ccccc3OCc3ccccc3)c(/C=C/c3cccc(C)c3)c2=O)cc(OC)c1OC. The molecular formula is C37H36N2O5. The molecular weight excluding hydrogens is 552 g/mol. The van der Waals surface area contributed by atoms with Crippen LogP contribution in [0.1, 0.15) is 33.5 Å². The Bertz CT molecular complexity index is 1820. The lowest BCUT2D eigenvalue weighted by Crippen LogP contribution is -2.27. The van der Waals surface area contributed by atoms with Crippen LogP contribution in [0.3, 0.4) is 0 Å². The van der Waals surface area contributed by atoms with Gasteiger partial charge in [0.2, 0.25) is 5.75 Å². The highest BCUT2D eigenvalue weighted by Crippen LogP contribution is 2.39. The Hall–Kier alpha value is -5.30. The standard InChI is InChI=1S/C37H36N2O5/c1-25-12-11-15-27(20-25)18-19-31-35(30-16-9-10-17-32(30)44-24-28-13-7-6-8-14-28)26(2)38-39(37(31)40)23-29-21-33(41-3)36(43-5)34(22-29)42-4/h6-22H,23-24H2,1-5H3/b19-18+. The third-order valence-electron chi connectivity index (χ3n) is 7.30. The number of aromatic nitrogens is 2. The summed E-state index contributed by atoms with van der Waals surface area (Å²) in [5, 5.41) is 4.79. The lowest BCUT2D eigenvalue weighted by molar-refractivity contribution is 0.307. The van der Waals surface area contributed by atoms with E-state index in [4.69, 9.17) is 24.0 Å². The molecule has 1 aromatic heterocycles. The molecule has 0 radical (unpaired) electrons. The van der Waals surface area contributed by atoms with Gasteiger partial charge in [-0.3, -0.25) is 4.79 Å². The van der Waals surface area contributed by atoms with Crippen LogP contribution in [0.25, 0.3) is 23.3 Å². The van der Waals surface area contributed by atoms with E-state index in [1.807, 2.05) is 111 Å². The van der Waals surface area contributed by atoms with Crippen LogP contribution in [0.15, 0.2) is 95.8 Å². The topological polar surface area (TPSA) is 71.8 Å². The predicted molar refractivity (Wildman–Crippen MR) is 175 cm³/mol. The summed E-state index contributed by atoms with van der Waals surface area (Å²) in [6.07, 6.45) is 3.84. The Balaban J connectivity index is 1.63. The highest BCUT2D eigenvalue weighted by Gasteiger charge is 2.20. The highest BCUT2D eigenvalue weighted by atomic mass is 16.5. The van der Waals surface area contributed by atoms with Gasteiger partial charge in [0.05, 0.1) is 39.1 Å². The van der Waals surface area contributed by atoms with Gasteiger partial charge in [0, 0.05) is 11.1 Å². The summed E-state index contributed by atoms with van der Waals surface area (Å²) in [6, 6.07) is 29.6. The van der Waals surface area contributed by atoms with Crippen molar-refractivity contribution in [1.29, 1.82) is 0 Å². The van der Waals surface area contributed by atoms with Gasteiger partial charge in [-0.15, -0.1) is 0 Å². The van der Waals surface area contributed by atoms with Crippen molar-refractivity contribution in [3.63, 3.8) is 0 Å². The van der Waals surface area contributed by atoms with Gasteiger partial charge < -0.3 is 18.9 Å². The summed E-state index contributed by atoms with van der Waals surface area (Å²) in [7, 11) is 4.69. The number of rotatable bonds is 11. The third-order valence-corrected chi connectivity index (χ3v) is 7.30. The molecule has 7 heteroatoms. The second-order valence-corrected chi connectivity index (χ2v) is 10.4. The first kappa shape index (κ1) is 30.2. The van der Waals surface area contributed by atoms with Crippen molar-refractivity contribution in [2.24, 2.45) is 0 Å². The molecule has 0 fully saturated rings. The maximum absolute atomic E-state index is 14.3. The van der Waals surface area contributed by atoms with Crippen molar-refractivity contribution >= 4 is 12.2 Å². The normalized spacial score (nSPS) is 11.0. The van der Waals surface area contributed by atoms with Gasteiger partial charge in [0.15, 0.2) is 11.5 Å². The van der Waals surface area contributed by atoms with E-state index in [0.29, 0.717) is 40.9 Å². The molecule has 0 aliphatic heterocycles. The molecule has 0 unspecified atom stereocenters. The minimum absolute atomic E-state index is 0.202. The van der Waals surface area contributed by atoms with Crippen molar-refractivity contribution < 1.29 is 18.9 Å². The van der Waals surface area contributed by atoms with E-state index in [9.17, 15) is 4.79 Å². The number of aryl methyl sites for hydroxylation is 2. The van der Waals surface area contributed by atoms with Crippen LogP contribution in [0.5, 0.6) is 23.0 Å². The van der Waals surface area contributed by atoms with Crippen LogP contribution in [0, 0.1) is 13.8 Å². The van der Waals surface area contributed by atoms with E-state index in [0.717, 1.165) is 33.4 Å². The average molecular weight is 589 g/mol. The molecule has 5 aromatic rings. The number of benzene rings is 4. The first-order valence-electron chi connectivity index (χ1n) is 14.3. The van der Waals surface area contributed by atoms with E-state index in [-0.39, 0.29) is 12.1 Å². The van der Waals surface area contributed by atoms with Gasteiger partial charge >= 0.3 is 0 Å². The van der Waals surface area contributed by atoms with E-state index < -0.39 is 0 Å². The van der Waals surface area contributed by atoms with Crippen LogP contribution < -0.4 is 24.5 Å². The number of nitrogens with zero attached hydrogens (tertiary/aromatic N) is 2. The Morgan fingerprint density at radius 1 is 0.727 bits per heavy atom. The molecule has 0 N–H and O–H groups in total. The monoisotopic (exact) mass is 588 g/mol. The molecule has 0 aliphatic rings. The van der Waals surface area contributed by atoms with E-state index >= 15 is 0 Å². The molecule has 7 nitrogen and oxygen atoms in total. The number of hydrogen-bond acceptors (Lipinski definition) is 6. The van der Waals surface area contributed by atoms with E-state index in [1.54, 1.807) is 21.3 Å². The summed E-state index contributed by atoms with van der Waals surface area (Å²) in [4.78, 5) is 14.3. The second-order valence-electron chi connectivity index (χ2n) is 10.4. The molecule has 0 bridgehead atoms. The maximum Gasteiger partial charge on any atom is 0.274 e. The molecule has 4 aromatic carbocycles. The molecule has 1 heterocycles. The van der Waals surface area contributed by atoms with Gasteiger partial charge in [-0.25, -0.2) is 4.68 Å². The van der Waals surface area contributed by atoms with Crippen LogP contribution in [-0.2, 0) is 13.2 Å². The van der Waals surface area contributed by atoms with Crippen LogP contribution in [-0.4, -0.2) is 31.1 Å². The lowest BCUT2D eigenvalue weighted by atomic mass is 9.97. The van der Waals surface area contributed by atoms with Crippen LogP contribution in [0.4, 0.5) is 0 Å². The quantitative estimate of drug-likeness (QED) is 0.161. The number of methoxy groups -OCH3 is 3. The Labute approximate surface area is 257 Å². The van der Waals surface area contributed by atoms with Gasteiger partial charge in [0.25, 0.3) is 5.56 Å². The molecule has 44 heavy (non-hydrogen) atoms. The number of ether oxygens (including phenoxy) is 4. The highest BCUT2D eigenvalue weighted by molar-refractivity contribution is 5.84. The molecule has 0 saturated carbocycles. The summed E-state index contributed by atoms with van der Waals surface area (Å²) in [5.41, 5.74) is 6.46. The van der Waals surface area contributed by atoms with E-state index in [2.05, 4.69) is 6.07 Å². The molecule has 0 aliphatic carbocycles. The first-order valence-corrected chi connectivity index (χ1v) is 14.3. The fourth-order valence-electron chi connectivity index (χ4n) is 5.21. The average Bonchev–Trinajstić information content (AvgIpc) is 3.04. The summed E-state index contributed by atoms with van der Waals surface area (Å²) in [6.45, 7) is 4.56. The van der Waals surface area contributed by atoms with Crippen LogP contribution in [0.2, 0.25) is 0 Å². The predicted octanol–water partition coefficient (Wildman–Crippen LogP) is 7.35. The summed E-state index contributed by atoms with van der Waals surface area (Å²) >= 11 is 0. The van der Waals surface area contributed by atoms with Crippen molar-refractivity contribution in [1.82, 2.24) is 9.78 Å². The van der Waals surface area contributed by atoms with Gasteiger partial charge in [-0.2, -0.15) is 5.10 Å². The fraction of sp³-hybridized carbons (Fsp3) is 0.189.